The van der Waals surface area contributed by atoms with Crippen molar-refractivity contribution in [2.75, 3.05) is 19.6 Å². The Kier molecular flexibility index (Phi) is 5.17. The van der Waals surface area contributed by atoms with Gasteiger partial charge in [0.1, 0.15) is 0 Å². The molecule has 0 atom stereocenters. The SMILES string of the molecule is CC(C)N1CCN(C(=O)C(c2ccccc2)c2ccccc2)CC1=O. The van der Waals surface area contributed by atoms with E-state index in [1.54, 1.807) is 4.90 Å². The van der Waals surface area contributed by atoms with Crippen LogP contribution in [0.15, 0.2) is 60.7 Å². The van der Waals surface area contributed by atoms with Gasteiger partial charge in [0.15, 0.2) is 0 Å². The summed E-state index contributed by atoms with van der Waals surface area (Å²) in [5.74, 6) is -0.357. The van der Waals surface area contributed by atoms with Gasteiger partial charge in [0.05, 0.1) is 12.5 Å². The summed E-state index contributed by atoms with van der Waals surface area (Å²) in [6.07, 6.45) is 0. The average Bonchev–Trinajstić information content (AvgIpc) is 2.63. The van der Waals surface area contributed by atoms with Crippen molar-refractivity contribution in [2.45, 2.75) is 25.8 Å². The fraction of sp³-hybridized carbons (Fsp3) is 0.333. The molecule has 4 heteroatoms. The van der Waals surface area contributed by atoms with Crippen LogP contribution in [0.3, 0.4) is 0 Å². The molecule has 0 bridgehead atoms. The van der Waals surface area contributed by atoms with Crippen molar-refractivity contribution in [2.24, 2.45) is 0 Å². The minimum Gasteiger partial charge on any atom is -0.337 e. The van der Waals surface area contributed by atoms with E-state index in [0.717, 1.165) is 11.1 Å². The number of rotatable bonds is 4. The number of amides is 2. The molecule has 2 aromatic carbocycles. The Bertz CT molecular complexity index is 689. The smallest absolute Gasteiger partial charge is 0.242 e. The van der Waals surface area contributed by atoms with Crippen LogP contribution >= 0.6 is 0 Å². The first-order chi connectivity index (χ1) is 12.1. The predicted molar refractivity (Wildman–Crippen MR) is 98.2 cm³/mol. The normalized spacial score (nSPS) is 15.1. The molecule has 1 aliphatic heterocycles. The van der Waals surface area contributed by atoms with Gasteiger partial charge in [0.2, 0.25) is 11.8 Å². The van der Waals surface area contributed by atoms with Crippen molar-refractivity contribution in [3.63, 3.8) is 0 Å². The van der Waals surface area contributed by atoms with Gasteiger partial charge in [-0.05, 0) is 25.0 Å². The molecule has 0 radical (unpaired) electrons. The third kappa shape index (κ3) is 3.73. The summed E-state index contributed by atoms with van der Waals surface area (Å²) in [4.78, 5) is 29.2. The van der Waals surface area contributed by atoms with Gasteiger partial charge < -0.3 is 9.80 Å². The van der Waals surface area contributed by atoms with Crippen LogP contribution in [0.4, 0.5) is 0 Å². The molecule has 0 aliphatic carbocycles. The Balaban J connectivity index is 1.87. The fourth-order valence-corrected chi connectivity index (χ4v) is 3.37. The second-order valence-corrected chi connectivity index (χ2v) is 6.70. The quantitative estimate of drug-likeness (QED) is 0.861. The molecule has 0 spiro atoms. The molecule has 4 nitrogen and oxygen atoms in total. The average molecular weight is 336 g/mol. The van der Waals surface area contributed by atoms with E-state index >= 15 is 0 Å². The molecular formula is C21H24N2O2. The second kappa shape index (κ2) is 7.51. The lowest BCUT2D eigenvalue weighted by atomic mass is 9.90. The molecule has 1 saturated heterocycles. The molecule has 0 N–H and O–H groups in total. The van der Waals surface area contributed by atoms with Gasteiger partial charge in [0.25, 0.3) is 0 Å². The summed E-state index contributed by atoms with van der Waals surface area (Å²) in [6.45, 7) is 5.35. The second-order valence-electron chi connectivity index (χ2n) is 6.70. The van der Waals surface area contributed by atoms with E-state index in [9.17, 15) is 9.59 Å². The number of hydrogen-bond acceptors (Lipinski definition) is 2. The summed E-state index contributed by atoms with van der Waals surface area (Å²) in [7, 11) is 0. The first kappa shape index (κ1) is 17.2. The maximum absolute atomic E-state index is 13.3. The highest BCUT2D eigenvalue weighted by atomic mass is 16.2. The van der Waals surface area contributed by atoms with E-state index in [-0.39, 0.29) is 30.3 Å². The van der Waals surface area contributed by atoms with E-state index < -0.39 is 0 Å². The van der Waals surface area contributed by atoms with Crippen LogP contribution in [-0.2, 0) is 9.59 Å². The molecule has 1 fully saturated rings. The van der Waals surface area contributed by atoms with Crippen LogP contribution in [0, 0.1) is 0 Å². The highest BCUT2D eigenvalue weighted by molar-refractivity contribution is 5.91. The van der Waals surface area contributed by atoms with Gasteiger partial charge in [-0.3, -0.25) is 9.59 Å². The van der Waals surface area contributed by atoms with E-state index in [0.29, 0.717) is 13.1 Å². The summed E-state index contributed by atoms with van der Waals surface area (Å²) in [6, 6.07) is 19.7. The summed E-state index contributed by atoms with van der Waals surface area (Å²) in [5, 5.41) is 0. The lowest BCUT2D eigenvalue weighted by Gasteiger charge is -2.38. The van der Waals surface area contributed by atoms with E-state index in [1.807, 2.05) is 79.4 Å². The fourth-order valence-electron chi connectivity index (χ4n) is 3.37. The lowest BCUT2D eigenvalue weighted by Crippen LogP contribution is -2.55. The number of nitrogens with zero attached hydrogens (tertiary/aromatic N) is 2. The van der Waals surface area contributed by atoms with E-state index in [2.05, 4.69) is 0 Å². The molecule has 2 aromatic rings. The van der Waals surface area contributed by atoms with Crippen molar-refractivity contribution in [1.29, 1.82) is 0 Å². The Hall–Kier alpha value is -2.62. The highest BCUT2D eigenvalue weighted by Crippen LogP contribution is 2.27. The van der Waals surface area contributed by atoms with Gasteiger partial charge in [-0.1, -0.05) is 60.7 Å². The molecule has 0 saturated carbocycles. The summed E-state index contributed by atoms with van der Waals surface area (Å²) < 4.78 is 0. The van der Waals surface area contributed by atoms with Crippen LogP contribution in [0.5, 0.6) is 0 Å². The maximum atomic E-state index is 13.3. The zero-order valence-corrected chi connectivity index (χ0v) is 14.8. The van der Waals surface area contributed by atoms with Crippen molar-refractivity contribution >= 4 is 11.8 Å². The third-order valence-electron chi connectivity index (χ3n) is 4.71. The molecule has 0 unspecified atom stereocenters. The van der Waals surface area contributed by atoms with Crippen LogP contribution in [0.2, 0.25) is 0 Å². The van der Waals surface area contributed by atoms with Crippen LogP contribution in [-0.4, -0.2) is 47.3 Å². The van der Waals surface area contributed by atoms with Crippen LogP contribution in [0.1, 0.15) is 30.9 Å². The summed E-state index contributed by atoms with van der Waals surface area (Å²) in [5.41, 5.74) is 1.91. The van der Waals surface area contributed by atoms with Gasteiger partial charge >= 0.3 is 0 Å². The standard InChI is InChI=1S/C21H24N2O2/c1-16(2)23-14-13-22(15-19(23)24)21(25)20(17-9-5-3-6-10-17)18-11-7-4-8-12-18/h3-12,16,20H,13-15H2,1-2H3. The first-order valence-electron chi connectivity index (χ1n) is 8.76. The monoisotopic (exact) mass is 336 g/mol. The number of carbonyl (C=O) groups excluding carboxylic acids is 2. The highest BCUT2D eigenvalue weighted by Gasteiger charge is 2.33. The number of benzene rings is 2. The van der Waals surface area contributed by atoms with E-state index in [4.69, 9.17) is 0 Å². The molecular weight excluding hydrogens is 312 g/mol. The molecule has 130 valence electrons. The van der Waals surface area contributed by atoms with Crippen molar-refractivity contribution in [3.05, 3.63) is 71.8 Å². The molecule has 2 amide bonds. The Morgan fingerprint density at radius 1 is 0.880 bits per heavy atom. The molecule has 1 heterocycles. The van der Waals surface area contributed by atoms with E-state index in [1.165, 1.54) is 0 Å². The summed E-state index contributed by atoms with van der Waals surface area (Å²) >= 11 is 0. The Labute approximate surface area is 149 Å². The predicted octanol–water partition coefficient (Wildman–Crippen LogP) is 2.90. The maximum Gasteiger partial charge on any atom is 0.242 e. The Morgan fingerprint density at radius 2 is 1.40 bits per heavy atom. The van der Waals surface area contributed by atoms with Crippen LogP contribution in [0.25, 0.3) is 0 Å². The van der Waals surface area contributed by atoms with Crippen molar-refractivity contribution in [3.8, 4) is 0 Å². The van der Waals surface area contributed by atoms with Gasteiger partial charge in [-0.25, -0.2) is 0 Å². The molecule has 0 aromatic heterocycles. The number of hydrogen-bond donors (Lipinski definition) is 0. The van der Waals surface area contributed by atoms with Gasteiger partial charge in [-0.2, -0.15) is 0 Å². The Morgan fingerprint density at radius 3 is 1.84 bits per heavy atom. The zero-order valence-electron chi connectivity index (χ0n) is 14.8. The zero-order chi connectivity index (χ0) is 17.8. The number of carbonyl (C=O) groups is 2. The minimum atomic E-state index is -0.374. The largest absolute Gasteiger partial charge is 0.337 e. The van der Waals surface area contributed by atoms with Crippen molar-refractivity contribution in [1.82, 2.24) is 9.80 Å². The molecule has 25 heavy (non-hydrogen) atoms. The van der Waals surface area contributed by atoms with Crippen molar-refractivity contribution < 1.29 is 9.59 Å². The van der Waals surface area contributed by atoms with Crippen LogP contribution < -0.4 is 0 Å². The third-order valence-corrected chi connectivity index (χ3v) is 4.71. The molecule has 3 rings (SSSR count). The topological polar surface area (TPSA) is 40.6 Å². The first-order valence-corrected chi connectivity index (χ1v) is 8.76. The number of piperazine rings is 1. The molecule has 1 aliphatic rings. The van der Waals surface area contributed by atoms with Gasteiger partial charge in [0, 0.05) is 19.1 Å². The van der Waals surface area contributed by atoms with Gasteiger partial charge in [-0.15, -0.1) is 0 Å². The lowest BCUT2D eigenvalue weighted by molar-refractivity contribution is -0.146. The minimum absolute atomic E-state index is 0.00541.